The number of furan rings is 1. The lowest BCUT2D eigenvalue weighted by atomic mass is 9.85. The first-order chi connectivity index (χ1) is 27.2. The van der Waals surface area contributed by atoms with Gasteiger partial charge >= 0.3 is 6.09 Å². The number of alkyl carbamates (subject to hydrolysis) is 1. The number of amides is 3. The summed E-state index contributed by atoms with van der Waals surface area (Å²) in [5.74, 6) is -0.156. The van der Waals surface area contributed by atoms with E-state index in [0.717, 1.165) is 31.2 Å². The number of methoxy groups -OCH3 is 1. The molecule has 6 atom stereocenters. The van der Waals surface area contributed by atoms with Gasteiger partial charge in [0.2, 0.25) is 19.2 Å². The lowest BCUT2D eigenvalue weighted by Gasteiger charge is -2.35. The van der Waals surface area contributed by atoms with E-state index < -0.39 is 60.1 Å². The number of carbonyl (C=O) groups is 3. The van der Waals surface area contributed by atoms with E-state index in [0.29, 0.717) is 33.9 Å². The topological polar surface area (TPSA) is 170 Å². The van der Waals surface area contributed by atoms with E-state index in [4.69, 9.17) is 23.6 Å². The molecule has 0 bridgehead atoms. The molecule has 4 aromatic rings. The molecule has 14 heteroatoms. The number of nitrogens with one attached hydrogen (secondary N) is 2. The van der Waals surface area contributed by atoms with E-state index in [1.54, 1.807) is 25.3 Å². The van der Waals surface area contributed by atoms with Gasteiger partial charge in [-0.25, -0.2) is 9.78 Å². The third-order valence-corrected chi connectivity index (χ3v) is 13.9. The molecule has 3 amide bonds. The molecule has 0 radical (unpaired) electrons. The number of hydrogen-bond donors (Lipinski definition) is 3. The minimum Gasteiger partial charge on any atom is -0.497 e. The van der Waals surface area contributed by atoms with Gasteiger partial charge in [-0.15, -0.1) is 6.58 Å². The molecule has 2 aromatic heterocycles. The van der Waals surface area contributed by atoms with E-state index in [-0.39, 0.29) is 31.7 Å². The van der Waals surface area contributed by atoms with Crippen LogP contribution in [0.4, 0.5) is 4.79 Å². The predicted octanol–water partition coefficient (Wildman–Crippen LogP) is 7.42. The predicted molar refractivity (Wildman–Crippen MR) is 215 cm³/mol. The molecule has 2 aromatic carbocycles. The van der Waals surface area contributed by atoms with Crippen LogP contribution in [0.3, 0.4) is 0 Å². The first-order valence-electron chi connectivity index (χ1n) is 19.5. The monoisotopic (exact) mass is 798 g/mol. The van der Waals surface area contributed by atoms with Gasteiger partial charge in [0.1, 0.15) is 46.8 Å². The Kier molecular flexibility index (Phi) is 11.3. The van der Waals surface area contributed by atoms with E-state index in [1.807, 2.05) is 75.4 Å². The fourth-order valence-electron chi connectivity index (χ4n) is 8.07. The van der Waals surface area contributed by atoms with Crippen LogP contribution in [0.25, 0.3) is 22.2 Å². The fourth-order valence-corrected chi connectivity index (χ4v) is 10.4. The molecule has 3 heterocycles. The molecular formula is C43H51N4O9P. The summed E-state index contributed by atoms with van der Waals surface area (Å²) in [4.78, 5) is 60.4. The summed E-state index contributed by atoms with van der Waals surface area (Å²) in [6.07, 6.45) is 4.82. The maximum absolute atomic E-state index is 14.8. The first-order valence-corrected chi connectivity index (χ1v) is 21.3. The van der Waals surface area contributed by atoms with Gasteiger partial charge in [-0.1, -0.05) is 57.2 Å². The Hall–Kier alpha value is -5.13. The standard InChI is InChI=1S/C43H51N4O9P/c1-6-28-24-43(28,57(51,52)26-31-17-12-20-54-31)46-39(48)36-22-32(25-47(36)40(49)38(42(2,3)4)45-41(50)56-29-15-10-11-16-29)55-37-23-34(27-13-8-7-9-14-27)44-35-21-30(53-5)18-19-33(35)37/h6-9,12-14,17-21,23,28-29,32,36,38H,1,10-11,15-16,22,24-26H2,2-5H3,(H,45,50)(H,46,48)(H,51,52)/t28-,32-,36+,38?,43+/m1/s1. The minimum absolute atomic E-state index is 0.00936. The van der Waals surface area contributed by atoms with Crippen molar-refractivity contribution in [3.05, 3.63) is 91.4 Å². The third kappa shape index (κ3) is 8.46. The van der Waals surface area contributed by atoms with Crippen molar-refractivity contribution in [3.63, 3.8) is 0 Å². The average molecular weight is 799 g/mol. The van der Waals surface area contributed by atoms with E-state index >= 15 is 0 Å². The van der Waals surface area contributed by atoms with Crippen LogP contribution in [-0.2, 0) is 25.1 Å². The lowest BCUT2D eigenvalue weighted by molar-refractivity contribution is -0.142. The molecule has 3 aliphatic rings. The second-order valence-electron chi connectivity index (χ2n) is 16.4. The second-order valence-corrected chi connectivity index (χ2v) is 18.9. The number of hydrogen-bond acceptors (Lipinski definition) is 9. The van der Waals surface area contributed by atoms with Gasteiger partial charge in [0.25, 0.3) is 0 Å². The number of benzene rings is 2. The van der Waals surface area contributed by atoms with E-state index in [2.05, 4.69) is 17.2 Å². The summed E-state index contributed by atoms with van der Waals surface area (Å²) >= 11 is 0. The van der Waals surface area contributed by atoms with Crippen LogP contribution < -0.4 is 20.1 Å². The molecule has 302 valence electrons. The Morgan fingerprint density at radius 2 is 1.84 bits per heavy atom. The van der Waals surface area contributed by atoms with Gasteiger partial charge in [-0.05, 0) is 61.8 Å². The number of likely N-dealkylation sites (tertiary alicyclic amines) is 1. The average Bonchev–Trinajstić information content (AvgIpc) is 3.62. The van der Waals surface area contributed by atoms with Crippen LogP contribution in [0, 0.1) is 11.3 Å². The molecular weight excluding hydrogens is 747 g/mol. The molecule has 1 aliphatic heterocycles. The molecule has 3 N–H and O–H groups in total. The molecule has 13 nitrogen and oxygen atoms in total. The maximum Gasteiger partial charge on any atom is 0.408 e. The highest BCUT2D eigenvalue weighted by molar-refractivity contribution is 7.59. The zero-order chi connectivity index (χ0) is 40.5. The van der Waals surface area contributed by atoms with Crippen molar-refractivity contribution in [2.45, 2.75) is 95.0 Å². The van der Waals surface area contributed by atoms with Crippen molar-refractivity contribution in [2.24, 2.45) is 11.3 Å². The second kappa shape index (κ2) is 16.0. The van der Waals surface area contributed by atoms with Crippen LogP contribution in [0.2, 0.25) is 0 Å². The molecule has 57 heavy (non-hydrogen) atoms. The first kappa shape index (κ1) is 40.1. The quantitative estimate of drug-likeness (QED) is 0.0914. The van der Waals surface area contributed by atoms with Gasteiger partial charge < -0.3 is 39.1 Å². The Bertz CT molecular complexity index is 2170. The van der Waals surface area contributed by atoms with E-state index in [9.17, 15) is 23.8 Å². The Morgan fingerprint density at radius 3 is 2.49 bits per heavy atom. The maximum atomic E-state index is 14.8. The number of pyridine rings is 1. The molecule has 0 spiro atoms. The highest BCUT2D eigenvalue weighted by Gasteiger charge is 2.66. The van der Waals surface area contributed by atoms with Crippen molar-refractivity contribution < 1.29 is 42.5 Å². The molecule has 3 fully saturated rings. The van der Waals surface area contributed by atoms with Gasteiger partial charge in [-0.2, -0.15) is 0 Å². The summed E-state index contributed by atoms with van der Waals surface area (Å²) in [7, 11) is -2.54. The van der Waals surface area contributed by atoms with Crippen LogP contribution in [0.1, 0.15) is 65.1 Å². The van der Waals surface area contributed by atoms with Crippen LogP contribution in [0.5, 0.6) is 11.5 Å². The smallest absolute Gasteiger partial charge is 0.408 e. The number of ether oxygens (including phenoxy) is 3. The van der Waals surface area contributed by atoms with Gasteiger partial charge in [0, 0.05) is 35.4 Å². The van der Waals surface area contributed by atoms with Crippen molar-refractivity contribution in [1.29, 1.82) is 0 Å². The zero-order valence-electron chi connectivity index (χ0n) is 32.8. The number of carbonyl (C=O) groups excluding carboxylic acids is 3. The SMILES string of the molecule is C=C[C@@H]1C[C@]1(NC(=O)[C@@H]1C[C@@H](Oc2cc(-c3ccccc3)nc3cc(OC)ccc23)CN1C(=O)C(NC(=O)OC1CCCC1)C(C)(C)C)P(=O)(O)Cc1ccco1. The summed E-state index contributed by atoms with van der Waals surface area (Å²) in [6, 6.07) is 18.0. The molecule has 2 aliphatic carbocycles. The number of fused-ring (bicyclic) bond motifs is 1. The number of rotatable bonds is 13. The molecule has 2 unspecified atom stereocenters. The Morgan fingerprint density at radius 1 is 1.09 bits per heavy atom. The Balaban J connectivity index is 1.22. The fraction of sp³-hybridized carbons (Fsp3) is 0.442. The minimum atomic E-state index is -4.12. The molecule has 1 saturated heterocycles. The van der Waals surface area contributed by atoms with Gasteiger partial charge in [-0.3, -0.25) is 14.2 Å². The third-order valence-electron chi connectivity index (χ3n) is 11.3. The van der Waals surface area contributed by atoms with Crippen molar-refractivity contribution in [3.8, 4) is 22.8 Å². The van der Waals surface area contributed by atoms with Gasteiger partial charge in [0.05, 0.1) is 37.3 Å². The largest absolute Gasteiger partial charge is 0.497 e. The highest BCUT2D eigenvalue weighted by Crippen LogP contribution is 2.70. The summed E-state index contributed by atoms with van der Waals surface area (Å²) < 4.78 is 37.4. The van der Waals surface area contributed by atoms with Crippen LogP contribution in [-0.4, -0.2) is 75.9 Å². The molecule has 7 rings (SSSR count). The lowest BCUT2D eigenvalue weighted by Crippen LogP contribution is -2.58. The van der Waals surface area contributed by atoms with Crippen molar-refractivity contribution >= 4 is 36.2 Å². The van der Waals surface area contributed by atoms with E-state index in [1.165, 1.54) is 11.2 Å². The number of nitrogens with zero attached hydrogens (tertiary/aromatic N) is 2. The summed E-state index contributed by atoms with van der Waals surface area (Å²) in [5.41, 5.74) is 1.37. The Labute approximate surface area is 332 Å². The van der Waals surface area contributed by atoms with Crippen LogP contribution in [0.15, 0.2) is 90.1 Å². The highest BCUT2D eigenvalue weighted by atomic mass is 31.2. The zero-order valence-corrected chi connectivity index (χ0v) is 33.7. The van der Waals surface area contributed by atoms with Crippen LogP contribution >= 0.6 is 7.37 Å². The van der Waals surface area contributed by atoms with Gasteiger partial charge in [0.15, 0.2) is 0 Å². The van der Waals surface area contributed by atoms with Crippen molar-refractivity contribution in [2.75, 3.05) is 13.7 Å². The van der Waals surface area contributed by atoms with Crippen molar-refractivity contribution in [1.82, 2.24) is 20.5 Å². The normalized spacial score (nSPS) is 23.7. The summed E-state index contributed by atoms with van der Waals surface area (Å²) in [6.45, 7) is 9.34. The number of aromatic nitrogens is 1. The molecule has 2 saturated carbocycles. The summed E-state index contributed by atoms with van der Waals surface area (Å²) in [5, 5.41) is 4.95.